The van der Waals surface area contributed by atoms with Crippen LogP contribution >= 0.6 is 0 Å². The average Bonchev–Trinajstić information content (AvgIpc) is 2.87. The summed E-state index contributed by atoms with van der Waals surface area (Å²) in [4.78, 5) is 2.39. The first-order valence-electron chi connectivity index (χ1n) is 4.36. The summed E-state index contributed by atoms with van der Waals surface area (Å²) in [5.41, 5.74) is 0. The zero-order valence-electron chi connectivity index (χ0n) is 6.94. The van der Waals surface area contributed by atoms with Crippen LogP contribution in [0, 0.1) is 0 Å². The van der Waals surface area contributed by atoms with Crippen molar-refractivity contribution in [2.24, 2.45) is 0 Å². The Morgan fingerprint density at radius 1 is 1.17 bits per heavy atom. The molecule has 0 aromatic carbocycles. The fraction of sp³-hybridized carbons (Fsp3) is 1.00. The molecule has 1 aliphatic carbocycles. The van der Waals surface area contributed by atoms with Crippen LogP contribution in [-0.4, -0.2) is 50.2 Å². The summed E-state index contributed by atoms with van der Waals surface area (Å²) in [6.45, 7) is 3.18. The molecule has 0 N–H and O–H groups in total. The highest BCUT2D eigenvalue weighted by Gasteiger charge is 2.31. The van der Waals surface area contributed by atoms with Crippen LogP contribution in [0.2, 0.25) is 0 Å². The SMILES string of the molecule is O=S([O-])N1CCN(C2CC2)CC1. The molecule has 1 unspecified atom stereocenters. The van der Waals surface area contributed by atoms with Gasteiger partial charge in [0, 0.05) is 43.5 Å². The van der Waals surface area contributed by atoms with Crippen molar-refractivity contribution in [3.8, 4) is 0 Å². The van der Waals surface area contributed by atoms with Gasteiger partial charge in [0.15, 0.2) is 0 Å². The number of nitrogens with zero attached hydrogens (tertiary/aromatic N) is 2. The van der Waals surface area contributed by atoms with E-state index in [1.165, 1.54) is 17.1 Å². The van der Waals surface area contributed by atoms with Gasteiger partial charge in [0.25, 0.3) is 0 Å². The smallest absolute Gasteiger partial charge is 0.0231 e. The van der Waals surface area contributed by atoms with E-state index in [-0.39, 0.29) is 0 Å². The zero-order valence-corrected chi connectivity index (χ0v) is 7.76. The molecule has 1 saturated carbocycles. The zero-order chi connectivity index (χ0) is 8.55. The molecule has 0 amide bonds. The average molecular weight is 189 g/mol. The van der Waals surface area contributed by atoms with E-state index in [0.717, 1.165) is 19.1 Å². The van der Waals surface area contributed by atoms with E-state index in [0.29, 0.717) is 13.1 Å². The van der Waals surface area contributed by atoms with E-state index in [2.05, 4.69) is 4.90 Å². The number of hydrogen-bond acceptors (Lipinski definition) is 3. The van der Waals surface area contributed by atoms with Gasteiger partial charge in [-0.15, -0.1) is 0 Å². The van der Waals surface area contributed by atoms with Gasteiger partial charge < -0.3 is 4.55 Å². The van der Waals surface area contributed by atoms with Crippen molar-refractivity contribution >= 4 is 11.3 Å². The summed E-state index contributed by atoms with van der Waals surface area (Å²) in [7, 11) is 0. The van der Waals surface area contributed by atoms with Gasteiger partial charge in [0.05, 0.1) is 0 Å². The molecule has 0 aromatic heterocycles. The molecule has 1 atom stereocenters. The fourth-order valence-corrected chi connectivity index (χ4v) is 2.12. The Kier molecular flexibility index (Phi) is 2.45. The molecule has 0 bridgehead atoms. The number of piperazine rings is 1. The molecule has 2 aliphatic rings. The van der Waals surface area contributed by atoms with E-state index in [1.807, 2.05) is 0 Å². The first-order chi connectivity index (χ1) is 5.77. The highest BCUT2D eigenvalue weighted by atomic mass is 32.2. The molecule has 1 heterocycles. The first kappa shape index (κ1) is 8.62. The van der Waals surface area contributed by atoms with Crippen LogP contribution in [0.1, 0.15) is 12.8 Å². The second-order valence-corrected chi connectivity index (χ2v) is 4.36. The van der Waals surface area contributed by atoms with Crippen LogP contribution in [-0.2, 0) is 11.3 Å². The second-order valence-electron chi connectivity index (χ2n) is 3.41. The van der Waals surface area contributed by atoms with Crippen molar-refractivity contribution in [1.29, 1.82) is 0 Å². The minimum atomic E-state index is -2.00. The maximum atomic E-state index is 10.6. The summed E-state index contributed by atoms with van der Waals surface area (Å²) < 4.78 is 22.6. The molecule has 0 aromatic rings. The van der Waals surface area contributed by atoms with Crippen LogP contribution < -0.4 is 0 Å². The van der Waals surface area contributed by atoms with Crippen LogP contribution in [0.5, 0.6) is 0 Å². The quantitative estimate of drug-likeness (QED) is 0.553. The van der Waals surface area contributed by atoms with E-state index < -0.39 is 11.3 Å². The van der Waals surface area contributed by atoms with Crippen LogP contribution in [0.4, 0.5) is 0 Å². The van der Waals surface area contributed by atoms with E-state index in [1.54, 1.807) is 0 Å². The standard InChI is InChI=1S/C7H14N2O2S/c10-12(11)9-5-3-8(4-6-9)7-1-2-7/h7H,1-6H2,(H,10,11)/p-1. The largest absolute Gasteiger partial charge is 0.760 e. The minimum absolute atomic E-state index is 0.673. The molecule has 2 rings (SSSR count). The molecule has 1 saturated heterocycles. The predicted molar refractivity (Wildman–Crippen MR) is 45.1 cm³/mol. The lowest BCUT2D eigenvalue weighted by molar-refractivity contribution is 0.178. The van der Waals surface area contributed by atoms with Gasteiger partial charge in [-0.25, -0.2) is 4.31 Å². The monoisotopic (exact) mass is 189 g/mol. The topological polar surface area (TPSA) is 46.6 Å². The lowest BCUT2D eigenvalue weighted by atomic mass is 10.3. The highest BCUT2D eigenvalue weighted by molar-refractivity contribution is 7.76. The van der Waals surface area contributed by atoms with Gasteiger partial charge in [0.1, 0.15) is 0 Å². The third-order valence-corrected chi connectivity index (χ3v) is 3.33. The molecule has 0 radical (unpaired) electrons. The Morgan fingerprint density at radius 3 is 2.17 bits per heavy atom. The molecule has 12 heavy (non-hydrogen) atoms. The van der Waals surface area contributed by atoms with Crippen molar-refractivity contribution in [2.45, 2.75) is 18.9 Å². The lowest BCUT2D eigenvalue weighted by Gasteiger charge is -2.35. The van der Waals surface area contributed by atoms with Gasteiger partial charge >= 0.3 is 0 Å². The lowest BCUT2D eigenvalue weighted by Crippen LogP contribution is -2.47. The number of rotatable bonds is 2. The Morgan fingerprint density at radius 2 is 1.75 bits per heavy atom. The van der Waals surface area contributed by atoms with E-state index in [4.69, 9.17) is 0 Å². The predicted octanol–water partition coefficient (Wildman–Crippen LogP) is -0.440. The van der Waals surface area contributed by atoms with Crippen molar-refractivity contribution in [3.63, 3.8) is 0 Å². The third-order valence-electron chi connectivity index (χ3n) is 2.55. The van der Waals surface area contributed by atoms with Gasteiger partial charge in [-0.05, 0) is 12.8 Å². The summed E-state index contributed by atoms with van der Waals surface area (Å²) >= 11 is -2.00. The normalized spacial score (nSPS) is 30.4. The Balaban J connectivity index is 1.80. The molecular formula is C7H13N2O2S-. The maximum Gasteiger partial charge on any atom is 0.0231 e. The van der Waals surface area contributed by atoms with Crippen LogP contribution in [0.15, 0.2) is 0 Å². The minimum Gasteiger partial charge on any atom is -0.760 e. The third kappa shape index (κ3) is 1.85. The first-order valence-corrected chi connectivity index (χ1v) is 5.39. The summed E-state index contributed by atoms with van der Waals surface area (Å²) in [6, 6.07) is 0.771. The van der Waals surface area contributed by atoms with Crippen LogP contribution in [0.3, 0.4) is 0 Å². The summed E-state index contributed by atoms with van der Waals surface area (Å²) in [6.07, 6.45) is 2.61. The molecule has 1 aliphatic heterocycles. The molecule has 4 nitrogen and oxygen atoms in total. The van der Waals surface area contributed by atoms with Gasteiger partial charge in [0.2, 0.25) is 0 Å². The summed E-state index contributed by atoms with van der Waals surface area (Å²) in [5, 5.41) is 0. The van der Waals surface area contributed by atoms with Crippen molar-refractivity contribution in [2.75, 3.05) is 26.2 Å². The Labute approximate surface area is 74.9 Å². The van der Waals surface area contributed by atoms with Crippen molar-refractivity contribution in [1.82, 2.24) is 9.21 Å². The number of hydrogen-bond donors (Lipinski definition) is 0. The maximum absolute atomic E-state index is 10.6. The molecular weight excluding hydrogens is 176 g/mol. The van der Waals surface area contributed by atoms with Gasteiger partial charge in [-0.1, -0.05) is 0 Å². The Bertz CT molecular complexity index is 188. The highest BCUT2D eigenvalue weighted by Crippen LogP contribution is 2.27. The molecule has 70 valence electrons. The molecule has 5 heteroatoms. The van der Waals surface area contributed by atoms with Crippen LogP contribution in [0.25, 0.3) is 0 Å². The van der Waals surface area contributed by atoms with E-state index >= 15 is 0 Å². The molecule has 0 spiro atoms. The van der Waals surface area contributed by atoms with Gasteiger partial charge in [-0.2, -0.15) is 0 Å². The Hall–Kier alpha value is 0.0300. The van der Waals surface area contributed by atoms with Gasteiger partial charge in [-0.3, -0.25) is 9.11 Å². The van der Waals surface area contributed by atoms with Crippen molar-refractivity contribution in [3.05, 3.63) is 0 Å². The molecule has 2 fully saturated rings. The van der Waals surface area contributed by atoms with Crippen molar-refractivity contribution < 1.29 is 8.76 Å². The second kappa shape index (κ2) is 3.41. The van der Waals surface area contributed by atoms with E-state index in [9.17, 15) is 8.76 Å². The fourth-order valence-electron chi connectivity index (χ4n) is 1.66. The summed E-state index contributed by atoms with van der Waals surface area (Å²) in [5.74, 6) is 0.